The smallest absolute Gasteiger partial charge is 0.0918 e. The highest BCUT2D eigenvalue weighted by Gasteiger charge is 2.14. The number of nitrogens with two attached hydrogens (primary N) is 1. The summed E-state index contributed by atoms with van der Waals surface area (Å²) in [7, 11) is 1.90. The van der Waals surface area contributed by atoms with Crippen molar-refractivity contribution in [2.75, 3.05) is 20.1 Å². The van der Waals surface area contributed by atoms with Crippen LogP contribution in [0.15, 0.2) is 0 Å². The van der Waals surface area contributed by atoms with Gasteiger partial charge in [0.2, 0.25) is 0 Å². The number of hydrogen-bond acceptors (Lipinski definition) is 3. The summed E-state index contributed by atoms with van der Waals surface area (Å²) in [5.41, 5.74) is 4.52. The second-order valence-corrected chi connectivity index (χ2v) is 3.83. The van der Waals surface area contributed by atoms with Crippen LogP contribution in [0, 0.1) is 5.41 Å². The van der Waals surface area contributed by atoms with Gasteiger partial charge in [-0.1, -0.05) is 0 Å². The normalized spacial score (nSPS) is 12.1. The van der Waals surface area contributed by atoms with Crippen molar-refractivity contribution in [3.05, 3.63) is 0 Å². The lowest BCUT2D eigenvalue weighted by atomic mass is 10.1. The van der Waals surface area contributed by atoms with E-state index in [0.717, 1.165) is 6.54 Å². The Morgan fingerprint density at radius 2 is 2.08 bits per heavy atom. The molecule has 0 amide bonds. The lowest BCUT2D eigenvalue weighted by Crippen LogP contribution is -2.37. The van der Waals surface area contributed by atoms with Crippen LogP contribution in [0.2, 0.25) is 0 Å². The summed E-state index contributed by atoms with van der Waals surface area (Å²) in [6.45, 7) is 4.84. The summed E-state index contributed by atoms with van der Waals surface area (Å²) in [6.07, 6.45) is 0.562. The first-order valence-corrected chi connectivity index (χ1v) is 4.05. The van der Waals surface area contributed by atoms with Crippen molar-refractivity contribution in [3.8, 4) is 0 Å². The van der Waals surface area contributed by atoms with Crippen LogP contribution in [0.3, 0.4) is 0 Å². The Morgan fingerprint density at radius 1 is 1.58 bits per heavy atom. The second kappa shape index (κ2) is 4.42. The van der Waals surface area contributed by atoms with Crippen molar-refractivity contribution >= 4 is 5.84 Å². The maximum Gasteiger partial charge on any atom is 0.0918 e. The Balaban J connectivity index is 3.60. The fourth-order valence-corrected chi connectivity index (χ4v) is 1.05. The summed E-state index contributed by atoms with van der Waals surface area (Å²) >= 11 is 0. The van der Waals surface area contributed by atoms with Crippen LogP contribution >= 0.6 is 0 Å². The van der Waals surface area contributed by atoms with E-state index in [1.54, 1.807) is 13.8 Å². The van der Waals surface area contributed by atoms with Crippen LogP contribution in [-0.4, -0.2) is 41.6 Å². The van der Waals surface area contributed by atoms with E-state index in [9.17, 15) is 5.11 Å². The molecule has 0 aliphatic rings. The number of likely N-dealkylation sites (N-methyl/N-ethyl adjacent to an activating group) is 1. The van der Waals surface area contributed by atoms with Crippen molar-refractivity contribution in [1.29, 1.82) is 5.41 Å². The van der Waals surface area contributed by atoms with E-state index < -0.39 is 5.60 Å². The van der Waals surface area contributed by atoms with Crippen LogP contribution in [0.1, 0.15) is 20.3 Å². The second-order valence-electron chi connectivity index (χ2n) is 3.83. The topological polar surface area (TPSA) is 73.3 Å². The molecular formula is C8H19N3O. The molecule has 12 heavy (non-hydrogen) atoms. The van der Waals surface area contributed by atoms with Gasteiger partial charge in [-0.15, -0.1) is 0 Å². The Morgan fingerprint density at radius 3 is 2.42 bits per heavy atom. The minimum absolute atomic E-state index is 0.192. The molecule has 0 heterocycles. The summed E-state index contributed by atoms with van der Waals surface area (Å²) in [5.74, 6) is 0.192. The molecule has 4 nitrogen and oxygen atoms in total. The first-order chi connectivity index (χ1) is 5.31. The number of aliphatic hydroxyl groups is 1. The number of hydrogen-bond donors (Lipinski definition) is 3. The molecule has 0 bridgehead atoms. The average Bonchev–Trinajstić information content (AvgIpc) is 1.79. The van der Waals surface area contributed by atoms with Gasteiger partial charge in [-0.05, 0) is 20.9 Å². The summed E-state index contributed by atoms with van der Waals surface area (Å²) < 4.78 is 0. The molecule has 0 aromatic rings. The minimum atomic E-state index is -0.675. The maximum atomic E-state index is 9.43. The van der Waals surface area contributed by atoms with E-state index in [0.29, 0.717) is 13.0 Å². The molecule has 0 aliphatic heterocycles. The van der Waals surface area contributed by atoms with Gasteiger partial charge in [-0.2, -0.15) is 0 Å². The molecule has 0 spiro atoms. The van der Waals surface area contributed by atoms with Gasteiger partial charge in [-0.25, -0.2) is 0 Å². The highest BCUT2D eigenvalue weighted by Crippen LogP contribution is 2.02. The van der Waals surface area contributed by atoms with Gasteiger partial charge in [0.05, 0.1) is 11.4 Å². The zero-order valence-electron chi connectivity index (χ0n) is 8.09. The van der Waals surface area contributed by atoms with Crippen molar-refractivity contribution in [2.24, 2.45) is 5.73 Å². The number of amidine groups is 1. The van der Waals surface area contributed by atoms with Crippen molar-refractivity contribution < 1.29 is 5.11 Å². The lowest BCUT2D eigenvalue weighted by molar-refractivity contribution is 0.0454. The van der Waals surface area contributed by atoms with Crippen LogP contribution in [0.25, 0.3) is 0 Å². The molecule has 72 valence electrons. The molecule has 0 aromatic carbocycles. The van der Waals surface area contributed by atoms with Gasteiger partial charge in [-0.3, -0.25) is 5.41 Å². The molecule has 0 saturated heterocycles. The predicted octanol–water partition coefficient (Wildman–Crippen LogP) is 0.0152. The fraction of sp³-hybridized carbons (Fsp3) is 0.875. The zero-order valence-corrected chi connectivity index (χ0v) is 8.09. The molecular weight excluding hydrogens is 154 g/mol. The first-order valence-electron chi connectivity index (χ1n) is 4.05. The van der Waals surface area contributed by atoms with Crippen LogP contribution in [0.4, 0.5) is 0 Å². The van der Waals surface area contributed by atoms with E-state index in [1.165, 1.54) is 0 Å². The molecule has 4 N–H and O–H groups in total. The van der Waals surface area contributed by atoms with Gasteiger partial charge in [0.25, 0.3) is 0 Å². The van der Waals surface area contributed by atoms with Gasteiger partial charge in [0.15, 0.2) is 0 Å². The standard InChI is InChI=1S/C8H19N3O/c1-8(2,12)6-11(3)5-4-7(9)10/h12H,4-6H2,1-3H3,(H3,9,10). The van der Waals surface area contributed by atoms with Crippen molar-refractivity contribution in [3.63, 3.8) is 0 Å². The molecule has 0 radical (unpaired) electrons. The zero-order chi connectivity index (χ0) is 9.78. The molecule has 0 aliphatic carbocycles. The van der Waals surface area contributed by atoms with Crippen molar-refractivity contribution in [2.45, 2.75) is 25.9 Å². The van der Waals surface area contributed by atoms with Gasteiger partial charge in [0, 0.05) is 19.5 Å². The third kappa shape index (κ3) is 7.50. The lowest BCUT2D eigenvalue weighted by Gasteiger charge is -2.25. The highest BCUT2D eigenvalue weighted by atomic mass is 16.3. The Bertz CT molecular complexity index is 151. The maximum absolute atomic E-state index is 9.43. The molecule has 0 unspecified atom stereocenters. The Hall–Kier alpha value is -0.610. The summed E-state index contributed by atoms with van der Waals surface area (Å²) in [4.78, 5) is 1.96. The van der Waals surface area contributed by atoms with E-state index in [1.807, 2.05) is 11.9 Å². The van der Waals surface area contributed by atoms with Gasteiger partial charge in [0.1, 0.15) is 0 Å². The molecule has 0 aromatic heterocycles. The third-order valence-electron chi connectivity index (χ3n) is 1.42. The quantitative estimate of drug-likeness (QED) is 0.405. The Kier molecular flexibility index (Phi) is 4.20. The van der Waals surface area contributed by atoms with Crippen LogP contribution in [0.5, 0.6) is 0 Å². The molecule has 0 atom stereocenters. The fourth-order valence-electron chi connectivity index (χ4n) is 1.05. The molecule has 4 heteroatoms. The van der Waals surface area contributed by atoms with E-state index in [-0.39, 0.29) is 5.84 Å². The van der Waals surface area contributed by atoms with Gasteiger partial charge >= 0.3 is 0 Å². The Labute approximate surface area is 73.9 Å². The molecule has 0 fully saturated rings. The monoisotopic (exact) mass is 173 g/mol. The predicted molar refractivity (Wildman–Crippen MR) is 50.3 cm³/mol. The van der Waals surface area contributed by atoms with Crippen LogP contribution < -0.4 is 5.73 Å². The molecule has 0 rings (SSSR count). The van der Waals surface area contributed by atoms with E-state index in [2.05, 4.69) is 0 Å². The average molecular weight is 173 g/mol. The first kappa shape index (κ1) is 11.4. The van der Waals surface area contributed by atoms with E-state index in [4.69, 9.17) is 11.1 Å². The minimum Gasteiger partial charge on any atom is -0.389 e. The summed E-state index contributed by atoms with van der Waals surface area (Å²) in [6, 6.07) is 0. The number of nitrogens with zero attached hydrogens (tertiary/aromatic N) is 1. The SMILES string of the molecule is CN(CCC(=N)N)CC(C)(C)O. The third-order valence-corrected chi connectivity index (χ3v) is 1.42. The highest BCUT2D eigenvalue weighted by molar-refractivity contribution is 5.76. The van der Waals surface area contributed by atoms with Crippen molar-refractivity contribution in [1.82, 2.24) is 4.90 Å². The number of nitrogens with one attached hydrogen (secondary N) is 1. The number of rotatable bonds is 5. The largest absolute Gasteiger partial charge is 0.389 e. The van der Waals surface area contributed by atoms with Crippen LogP contribution in [-0.2, 0) is 0 Å². The van der Waals surface area contributed by atoms with E-state index >= 15 is 0 Å². The van der Waals surface area contributed by atoms with Gasteiger partial charge < -0.3 is 15.7 Å². The summed E-state index contributed by atoms with van der Waals surface area (Å²) in [5, 5.41) is 16.4. The molecule has 0 saturated carbocycles.